The fourth-order valence-electron chi connectivity index (χ4n) is 6.24. The molecule has 0 aliphatic carbocycles. The lowest BCUT2D eigenvalue weighted by Crippen LogP contribution is -2.40. The zero-order valence-electron chi connectivity index (χ0n) is 31.5. The number of aliphatic hydroxyl groups excluding tert-OH is 3. The minimum Gasteiger partial charge on any atom is -0.467 e. The summed E-state index contributed by atoms with van der Waals surface area (Å²) >= 11 is 5.97. The second-order valence-electron chi connectivity index (χ2n) is 12.9. The van der Waals surface area contributed by atoms with Gasteiger partial charge in [-0.25, -0.2) is 9.97 Å². The smallest absolute Gasteiger partial charge is 0.467 e. The van der Waals surface area contributed by atoms with Crippen LogP contribution in [0.25, 0.3) is 22.3 Å². The number of rotatable bonds is 12. The van der Waals surface area contributed by atoms with Gasteiger partial charge in [0.05, 0.1) is 20.0 Å². The molecule has 2 unspecified atom stereocenters. The zero-order valence-corrected chi connectivity index (χ0v) is 32.3. The summed E-state index contributed by atoms with van der Waals surface area (Å²) in [6, 6.07) is 9.93. The van der Waals surface area contributed by atoms with Crippen molar-refractivity contribution in [2.24, 2.45) is 0 Å². The molecule has 0 radical (unpaired) electrons. The number of nitrogens with one attached hydrogen (secondary N) is 1. The van der Waals surface area contributed by atoms with E-state index in [0.717, 1.165) is 19.4 Å². The Morgan fingerprint density at radius 2 is 1.49 bits per heavy atom. The molecule has 1 aromatic carbocycles. The van der Waals surface area contributed by atoms with E-state index < -0.39 is 84.5 Å². The summed E-state index contributed by atoms with van der Waals surface area (Å²) in [6.45, 7) is 3.25. The third-order valence-corrected chi connectivity index (χ3v) is 9.09. The maximum Gasteiger partial charge on any atom is 0.472 e. The summed E-state index contributed by atoms with van der Waals surface area (Å²) in [5.74, 6) is -2.34. The van der Waals surface area contributed by atoms with Gasteiger partial charge in [-0.1, -0.05) is 35.3 Å². The Bertz CT molecular complexity index is 2330. The number of nitrogens with zero attached hydrogens (tertiary/aromatic N) is 9. The molecule has 314 valence electrons. The van der Waals surface area contributed by atoms with E-state index in [1.807, 2.05) is 30.3 Å². The van der Waals surface area contributed by atoms with Crippen molar-refractivity contribution in [1.82, 2.24) is 39.0 Å². The first-order valence-electron chi connectivity index (χ1n) is 17.6. The number of aliphatic hydroxyl groups is 3. The van der Waals surface area contributed by atoms with Crippen LogP contribution in [0.2, 0.25) is 5.15 Å². The topological polar surface area (TPSA) is 310 Å². The van der Waals surface area contributed by atoms with Crippen molar-refractivity contribution in [2.75, 3.05) is 25.6 Å². The van der Waals surface area contributed by atoms with Gasteiger partial charge in [0, 0.05) is 27.3 Å². The second-order valence-corrected chi connectivity index (χ2v) is 13.2. The van der Waals surface area contributed by atoms with Crippen molar-refractivity contribution in [3.05, 3.63) is 63.8 Å². The van der Waals surface area contributed by atoms with Gasteiger partial charge in [0.15, 0.2) is 47.2 Å². The molecule has 4 N–H and O–H groups in total. The standard InChI is InChI=1S/C18H21N5O5.C16H16ClN5O9/c1-27-18-21-15(19-7-10-5-3-2-4-6-10)12-16(22-18)23(9-20-12)17-14(26)13(25)11(8-24)28-17;1-6(23)28-4-9-11(29-7(2)24)12(30-8(3)25)15(31-9)21-5-18-10-13(17)19-16(22(26)27)20-14(10)21/h2-6,9,11,13-14,17,24-26H,7-8H2,1H3,(H,19,21,22);5,9,11-12,15H,4H2,1-3H3/t11-,13?,14+,17-;9-,11?,12+,15-/m11/s1. The van der Waals surface area contributed by atoms with Crippen molar-refractivity contribution < 1.29 is 63.0 Å². The molecule has 0 saturated carbocycles. The third-order valence-electron chi connectivity index (χ3n) is 8.82. The van der Waals surface area contributed by atoms with Crippen molar-refractivity contribution in [3.8, 4) is 6.01 Å². The molecule has 8 atom stereocenters. The molecule has 4 aromatic heterocycles. The summed E-state index contributed by atoms with van der Waals surface area (Å²) in [5, 5.41) is 43.7. The van der Waals surface area contributed by atoms with Crippen LogP contribution in [-0.4, -0.2) is 134 Å². The summed E-state index contributed by atoms with van der Waals surface area (Å²) in [6.07, 6.45) is -6.22. The predicted octanol–water partition coefficient (Wildman–Crippen LogP) is 0.770. The molecule has 2 aliphatic rings. The third kappa shape index (κ3) is 9.27. The Kier molecular flexibility index (Phi) is 13.1. The van der Waals surface area contributed by atoms with Gasteiger partial charge >= 0.3 is 29.9 Å². The van der Waals surface area contributed by atoms with Crippen LogP contribution < -0.4 is 10.1 Å². The minimum absolute atomic E-state index is 0.0323. The quantitative estimate of drug-likeness (QED) is 0.0443. The number of fused-ring (bicyclic) bond motifs is 2. The molecule has 7 rings (SSSR count). The normalized spacial score (nSPS) is 23.7. The van der Waals surface area contributed by atoms with Crippen molar-refractivity contribution in [3.63, 3.8) is 0 Å². The highest BCUT2D eigenvalue weighted by Gasteiger charge is 2.51. The summed E-state index contributed by atoms with van der Waals surface area (Å²) in [5.41, 5.74) is 1.86. The number of hydrogen-bond acceptors (Lipinski definition) is 21. The van der Waals surface area contributed by atoms with Gasteiger partial charge in [-0.15, -0.1) is 0 Å². The molecule has 25 heteroatoms. The number of imidazole rings is 2. The monoisotopic (exact) mass is 844 g/mol. The molecule has 0 spiro atoms. The number of esters is 3. The maximum absolute atomic E-state index is 11.7. The zero-order chi connectivity index (χ0) is 42.5. The molecule has 0 bridgehead atoms. The number of carbonyl (C=O) groups is 3. The number of nitro groups is 1. The van der Waals surface area contributed by atoms with E-state index in [0.29, 0.717) is 23.5 Å². The highest BCUT2D eigenvalue weighted by atomic mass is 35.5. The van der Waals surface area contributed by atoms with Gasteiger partial charge in [0.1, 0.15) is 37.4 Å². The minimum atomic E-state index is -1.24. The molecule has 2 saturated heterocycles. The maximum atomic E-state index is 11.7. The lowest BCUT2D eigenvalue weighted by atomic mass is 10.1. The van der Waals surface area contributed by atoms with E-state index in [4.69, 9.17) is 40.0 Å². The van der Waals surface area contributed by atoms with Gasteiger partial charge in [0.25, 0.3) is 0 Å². The molecule has 2 fully saturated rings. The predicted molar refractivity (Wildman–Crippen MR) is 197 cm³/mol. The lowest BCUT2D eigenvalue weighted by molar-refractivity contribution is -0.394. The van der Waals surface area contributed by atoms with Gasteiger partial charge in [-0.3, -0.25) is 23.5 Å². The average molecular weight is 845 g/mol. The lowest BCUT2D eigenvalue weighted by Gasteiger charge is -2.23. The fourth-order valence-corrected chi connectivity index (χ4v) is 6.45. The summed E-state index contributed by atoms with van der Waals surface area (Å²) in [4.78, 5) is 69.3. The van der Waals surface area contributed by atoms with Crippen LogP contribution in [0.4, 0.5) is 11.8 Å². The number of aromatic nitrogens is 8. The summed E-state index contributed by atoms with van der Waals surface area (Å²) in [7, 11) is 1.45. The largest absolute Gasteiger partial charge is 0.472 e. The molecule has 6 heterocycles. The van der Waals surface area contributed by atoms with Crippen LogP contribution in [0.1, 0.15) is 38.8 Å². The first kappa shape index (κ1) is 42.4. The highest BCUT2D eigenvalue weighted by Crippen LogP contribution is 2.37. The molecular formula is C34H37ClN10O14. The number of halogens is 1. The number of hydrogen-bond donors (Lipinski definition) is 4. The Morgan fingerprint density at radius 1 is 0.864 bits per heavy atom. The second kappa shape index (κ2) is 18.2. The summed E-state index contributed by atoms with van der Waals surface area (Å²) < 4.78 is 34.9. The average Bonchev–Trinajstić information content (AvgIpc) is 3.97. The Hall–Kier alpha value is -6.18. The first-order valence-corrected chi connectivity index (χ1v) is 17.9. The SMILES string of the molecule is CC(=O)OC[C@H]1O[C@@H](n2cnc3c(Cl)nc([N+](=O)[O-])nc32)[C@@H](OC(C)=O)C1OC(C)=O.COc1nc(NCc2ccccc2)c2ncn([C@@H]3O[C@H](CO)C(O)[C@@H]3O)c2n1. The Labute approximate surface area is 337 Å². The molecule has 2 aliphatic heterocycles. The number of methoxy groups -OCH3 is 1. The van der Waals surface area contributed by atoms with E-state index in [1.165, 1.54) is 35.8 Å². The highest BCUT2D eigenvalue weighted by molar-refractivity contribution is 6.33. The van der Waals surface area contributed by atoms with Crippen LogP contribution in [0.3, 0.4) is 0 Å². The van der Waals surface area contributed by atoms with Crippen LogP contribution in [0, 0.1) is 10.1 Å². The van der Waals surface area contributed by atoms with Crippen LogP contribution in [-0.2, 0) is 44.6 Å². The molecule has 24 nitrogen and oxygen atoms in total. The molecule has 5 aromatic rings. The number of benzene rings is 1. The fraction of sp³-hybridized carbons (Fsp3) is 0.441. The van der Waals surface area contributed by atoms with Crippen molar-refractivity contribution in [1.29, 1.82) is 0 Å². The Balaban J connectivity index is 0.000000199. The van der Waals surface area contributed by atoms with Crippen LogP contribution in [0.5, 0.6) is 6.01 Å². The van der Waals surface area contributed by atoms with E-state index in [9.17, 15) is 39.8 Å². The van der Waals surface area contributed by atoms with E-state index in [-0.39, 0.29) is 28.9 Å². The van der Waals surface area contributed by atoms with E-state index >= 15 is 0 Å². The van der Waals surface area contributed by atoms with Gasteiger partial charge < -0.3 is 59.2 Å². The van der Waals surface area contributed by atoms with E-state index in [2.05, 4.69) is 35.2 Å². The molecular weight excluding hydrogens is 808 g/mol. The Morgan fingerprint density at radius 3 is 2.10 bits per heavy atom. The van der Waals surface area contributed by atoms with Gasteiger partial charge in [-0.2, -0.15) is 9.97 Å². The van der Waals surface area contributed by atoms with Crippen molar-refractivity contribution in [2.45, 2.75) is 76.4 Å². The molecule has 0 amide bonds. The van der Waals surface area contributed by atoms with Crippen LogP contribution in [0.15, 0.2) is 43.0 Å². The number of carbonyl (C=O) groups excluding carboxylic acids is 3. The first-order chi connectivity index (χ1) is 28.2. The number of anilines is 1. The van der Waals surface area contributed by atoms with Crippen LogP contribution >= 0.6 is 11.6 Å². The molecule has 59 heavy (non-hydrogen) atoms. The van der Waals surface area contributed by atoms with Gasteiger partial charge in [0.2, 0.25) is 10.8 Å². The van der Waals surface area contributed by atoms with E-state index in [1.54, 1.807) is 0 Å². The number of ether oxygens (including phenoxy) is 6. The van der Waals surface area contributed by atoms with Gasteiger partial charge in [-0.05, 0) is 27.1 Å². The van der Waals surface area contributed by atoms with Crippen molar-refractivity contribution >= 4 is 63.6 Å².